The summed E-state index contributed by atoms with van der Waals surface area (Å²) in [4.78, 5) is 0. The van der Waals surface area contributed by atoms with Crippen LogP contribution in [0.1, 0.15) is 0 Å². The molecule has 1 aromatic rings. The number of hydrogen-bond acceptors (Lipinski definition) is 2. The number of rotatable bonds is 2. The average molecular weight is 302 g/mol. The highest BCUT2D eigenvalue weighted by atomic mass is 79.9. The molecule has 14 heavy (non-hydrogen) atoms. The Kier molecular flexibility index (Phi) is 3.39. The number of halogens is 3. The highest BCUT2D eigenvalue weighted by Crippen LogP contribution is 2.29. The lowest BCUT2D eigenvalue weighted by Crippen LogP contribution is -2.08. The van der Waals surface area contributed by atoms with Crippen LogP contribution in [0.15, 0.2) is 16.6 Å². The van der Waals surface area contributed by atoms with Gasteiger partial charge in [0, 0.05) is 6.26 Å². The summed E-state index contributed by atoms with van der Waals surface area (Å²) in [5.74, 6) is -0.566. The first-order chi connectivity index (χ1) is 6.29. The summed E-state index contributed by atoms with van der Waals surface area (Å²) >= 11 is 8.61. The zero-order valence-corrected chi connectivity index (χ0v) is 10.3. The van der Waals surface area contributed by atoms with Gasteiger partial charge in [-0.25, -0.2) is 13.4 Å². The van der Waals surface area contributed by atoms with Crippen molar-refractivity contribution < 1.29 is 8.60 Å². The highest BCUT2D eigenvalue weighted by molar-refractivity contribution is 9.10. The fourth-order valence-corrected chi connectivity index (χ4v) is 1.84. The summed E-state index contributed by atoms with van der Waals surface area (Å²) in [6, 6.07) is 2.51. The van der Waals surface area contributed by atoms with Crippen LogP contribution in [0.4, 0.5) is 10.1 Å². The molecule has 0 fully saturated rings. The first-order valence-corrected chi connectivity index (χ1v) is 6.59. The molecule has 0 aromatic heterocycles. The molecule has 0 spiro atoms. The molecule has 2 N–H and O–H groups in total. The second-order valence-electron chi connectivity index (χ2n) is 2.70. The minimum Gasteiger partial charge on any atom is -0.299 e. The van der Waals surface area contributed by atoms with Gasteiger partial charge in [-0.3, -0.25) is 4.72 Å². The average Bonchev–Trinajstić information content (AvgIpc) is 1.96. The molecule has 1 unspecified atom stereocenters. The van der Waals surface area contributed by atoms with Crippen LogP contribution >= 0.6 is 27.5 Å². The van der Waals surface area contributed by atoms with E-state index in [1.807, 2.05) is 0 Å². The maximum absolute atomic E-state index is 13.1. The molecule has 0 aliphatic heterocycles. The van der Waals surface area contributed by atoms with Crippen molar-refractivity contribution in [2.75, 3.05) is 11.0 Å². The van der Waals surface area contributed by atoms with Crippen LogP contribution in [0.5, 0.6) is 0 Å². The van der Waals surface area contributed by atoms with Crippen LogP contribution in [-0.2, 0) is 9.92 Å². The van der Waals surface area contributed by atoms with Crippen molar-refractivity contribution >= 4 is 43.1 Å². The maximum atomic E-state index is 13.1. The third-order valence-corrected chi connectivity index (χ3v) is 3.25. The third-order valence-electron chi connectivity index (χ3n) is 1.30. The Morgan fingerprint density at radius 2 is 2.21 bits per heavy atom. The van der Waals surface area contributed by atoms with Gasteiger partial charge in [0.1, 0.15) is 15.7 Å². The molecule has 1 rings (SSSR count). The summed E-state index contributed by atoms with van der Waals surface area (Å²) in [7, 11) is -2.91. The molecule has 0 aliphatic rings. The monoisotopic (exact) mass is 300 g/mol. The quantitative estimate of drug-likeness (QED) is 0.810. The zero-order chi connectivity index (χ0) is 10.9. The molecular weight excluding hydrogens is 295 g/mol. The lowest BCUT2D eigenvalue weighted by Gasteiger charge is -2.07. The van der Waals surface area contributed by atoms with E-state index in [1.54, 1.807) is 0 Å². The van der Waals surface area contributed by atoms with Crippen LogP contribution in [0.2, 0.25) is 5.02 Å². The van der Waals surface area contributed by atoms with Gasteiger partial charge in [0.15, 0.2) is 0 Å². The summed E-state index contributed by atoms with van der Waals surface area (Å²) in [6.45, 7) is 0. The number of benzene rings is 1. The highest BCUT2D eigenvalue weighted by Gasteiger charge is 2.08. The molecule has 1 atom stereocenters. The number of hydrogen-bond donors (Lipinski definition) is 2. The van der Waals surface area contributed by atoms with Crippen molar-refractivity contribution in [2.45, 2.75) is 0 Å². The van der Waals surface area contributed by atoms with Crippen LogP contribution in [0.25, 0.3) is 0 Å². The summed E-state index contributed by atoms with van der Waals surface area (Å²) in [6.07, 6.45) is 1.20. The van der Waals surface area contributed by atoms with E-state index in [-0.39, 0.29) is 15.2 Å². The second-order valence-corrected chi connectivity index (χ2v) is 5.79. The van der Waals surface area contributed by atoms with E-state index in [1.165, 1.54) is 12.3 Å². The topological polar surface area (TPSA) is 53.0 Å². The lowest BCUT2D eigenvalue weighted by atomic mass is 10.3. The van der Waals surface area contributed by atoms with E-state index in [0.717, 1.165) is 6.07 Å². The Labute approximate surface area is 94.9 Å². The molecule has 7 heteroatoms. The molecular formula is C7H7BrClFN2OS. The van der Waals surface area contributed by atoms with Gasteiger partial charge >= 0.3 is 0 Å². The SMILES string of the molecule is CS(=N)(=O)Nc1cc(F)c(Br)c(Cl)c1. The zero-order valence-electron chi connectivity index (χ0n) is 7.11. The van der Waals surface area contributed by atoms with E-state index >= 15 is 0 Å². The van der Waals surface area contributed by atoms with Crippen LogP contribution in [-0.4, -0.2) is 10.5 Å². The number of anilines is 1. The molecule has 0 bridgehead atoms. The Morgan fingerprint density at radius 1 is 1.64 bits per heavy atom. The Balaban J connectivity index is 3.14. The van der Waals surface area contributed by atoms with Gasteiger partial charge in [0.2, 0.25) is 0 Å². The first kappa shape index (κ1) is 11.7. The van der Waals surface area contributed by atoms with Gasteiger partial charge in [-0.2, -0.15) is 0 Å². The van der Waals surface area contributed by atoms with Crippen molar-refractivity contribution in [1.29, 1.82) is 4.78 Å². The Bertz CT molecular complexity index is 440. The van der Waals surface area contributed by atoms with E-state index in [2.05, 4.69) is 20.7 Å². The fourth-order valence-electron chi connectivity index (χ4n) is 0.839. The largest absolute Gasteiger partial charge is 0.299 e. The molecule has 78 valence electrons. The Hall–Kier alpha value is -0.330. The van der Waals surface area contributed by atoms with E-state index in [9.17, 15) is 8.60 Å². The summed E-state index contributed by atoms with van der Waals surface area (Å²) in [5.41, 5.74) is 0.221. The van der Waals surface area contributed by atoms with E-state index in [0.29, 0.717) is 0 Å². The lowest BCUT2D eigenvalue weighted by molar-refractivity contribution is 0.622. The minimum atomic E-state index is -2.91. The molecule has 1 aromatic carbocycles. The maximum Gasteiger partial charge on any atom is 0.140 e. The molecule has 0 saturated carbocycles. The van der Waals surface area contributed by atoms with Gasteiger partial charge in [-0.15, -0.1) is 0 Å². The fraction of sp³-hybridized carbons (Fsp3) is 0.143. The minimum absolute atomic E-state index is 0.150. The molecule has 0 radical (unpaired) electrons. The van der Waals surface area contributed by atoms with Crippen molar-refractivity contribution in [2.24, 2.45) is 0 Å². The van der Waals surface area contributed by atoms with Gasteiger partial charge in [-0.05, 0) is 28.1 Å². The first-order valence-electron chi connectivity index (χ1n) is 3.45. The number of nitrogens with one attached hydrogen (secondary N) is 2. The van der Waals surface area contributed by atoms with Crippen LogP contribution in [0.3, 0.4) is 0 Å². The molecule has 0 heterocycles. The molecule has 3 nitrogen and oxygen atoms in total. The van der Waals surface area contributed by atoms with Crippen molar-refractivity contribution in [3.05, 3.63) is 27.4 Å². The normalized spacial score (nSPS) is 14.9. The predicted octanol–water partition coefficient (Wildman–Crippen LogP) is 3.25. The molecule has 0 saturated heterocycles. The molecule has 0 amide bonds. The smallest absolute Gasteiger partial charge is 0.140 e. The molecule has 0 aliphatic carbocycles. The summed E-state index contributed by atoms with van der Waals surface area (Å²) in [5, 5.41) is 0.163. The predicted molar refractivity (Wildman–Crippen MR) is 59.5 cm³/mol. The van der Waals surface area contributed by atoms with Crippen molar-refractivity contribution in [1.82, 2.24) is 0 Å². The Morgan fingerprint density at radius 3 is 2.64 bits per heavy atom. The van der Waals surface area contributed by atoms with E-state index < -0.39 is 15.7 Å². The standard InChI is InChI=1S/C7H7BrClFN2OS/c1-14(11,13)12-4-2-5(9)7(8)6(10)3-4/h2-3H,1H3,(H2,11,12,13). The van der Waals surface area contributed by atoms with E-state index in [4.69, 9.17) is 16.4 Å². The second kappa shape index (κ2) is 4.04. The van der Waals surface area contributed by atoms with Crippen molar-refractivity contribution in [3.63, 3.8) is 0 Å². The van der Waals surface area contributed by atoms with Gasteiger partial charge in [0.05, 0.1) is 15.2 Å². The van der Waals surface area contributed by atoms with Gasteiger partial charge < -0.3 is 0 Å². The summed E-state index contributed by atoms with van der Waals surface area (Å²) < 4.78 is 33.7. The van der Waals surface area contributed by atoms with Gasteiger partial charge in [-0.1, -0.05) is 11.6 Å². The third kappa shape index (κ3) is 3.11. The van der Waals surface area contributed by atoms with Crippen molar-refractivity contribution in [3.8, 4) is 0 Å². The van der Waals surface area contributed by atoms with Crippen LogP contribution in [0, 0.1) is 10.6 Å². The van der Waals surface area contributed by atoms with Crippen LogP contribution < -0.4 is 4.72 Å². The van der Waals surface area contributed by atoms with Gasteiger partial charge in [0.25, 0.3) is 0 Å².